The fourth-order valence-electron chi connectivity index (χ4n) is 4.78. The molecule has 1 atom stereocenters. The molecule has 0 radical (unpaired) electrons. The summed E-state index contributed by atoms with van der Waals surface area (Å²) in [7, 11) is 1.62. The molecule has 6 nitrogen and oxygen atoms in total. The van der Waals surface area contributed by atoms with Crippen LogP contribution in [0.1, 0.15) is 41.0 Å². The molecule has 4 aromatic rings. The highest BCUT2D eigenvalue weighted by atomic mass is 32.1. The van der Waals surface area contributed by atoms with Crippen LogP contribution in [0, 0.1) is 0 Å². The number of fused-ring (bicyclic) bond motifs is 3. The van der Waals surface area contributed by atoms with E-state index in [0.29, 0.717) is 25.3 Å². The molecule has 0 aliphatic carbocycles. The number of para-hydroxylation sites is 1. The normalized spacial score (nSPS) is 17.5. The van der Waals surface area contributed by atoms with Crippen LogP contribution in [-0.2, 0) is 30.8 Å². The third kappa shape index (κ3) is 4.10. The van der Waals surface area contributed by atoms with Gasteiger partial charge < -0.3 is 19.5 Å². The highest BCUT2D eigenvalue weighted by Gasteiger charge is 2.47. The predicted octanol–water partition coefficient (Wildman–Crippen LogP) is 5.00. The molecule has 3 heterocycles. The Labute approximate surface area is 209 Å². The van der Waals surface area contributed by atoms with Crippen molar-refractivity contribution >= 4 is 33.4 Å². The molecule has 0 saturated carbocycles. The second-order valence-electron chi connectivity index (χ2n) is 9.13. The Hall–Kier alpha value is -3.58. The van der Waals surface area contributed by atoms with Gasteiger partial charge in [-0.1, -0.05) is 49.4 Å². The van der Waals surface area contributed by atoms with Crippen molar-refractivity contribution in [2.24, 2.45) is 0 Å². The van der Waals surface area contributed by atoms with Gasteiger partial charge in [0.2, 0.25) is 5.91 Å². The van der Waals surface area contributed by atoms with Gasteiger partial charge in [-0.15, -0.1) is 11.3 Å². The standard InChI is InChI=1S/C28H29N3O3S/c1-4-19-9-11-20(12-10-19)17-31-25(32)23-15-21-13-14-35-26(21)30(23)18-28(31,2)27(33)29-16-22-7-5-6-8-24(22)34-3/h5-15H,4,16-18H2,1-3H3,(H,29,33)/t28-/m1/s1. The van der Waals surface area contributed by atoms with Crippen molar-refractivity contribution in [2.45, 2.75) is 45.4 Å². The topological polar surface area (TPSA) is 63.6 Å². The Morgan fingerprint density at radius 1 is 1.11 bits per heavy atom. The number of hydrogen-bond acceptors (Lipinski definition) is 4. The predicted molar refractivity (Wildman–Crippen MR) is 139 cm³/mol. The van der Waals surface area contributed by atoms with Crippen molar-refractivity contribution in [1.29, 1.82) is 0 Å². The summed E-state index contributed by atoms with van der Waals surface area (Å²) in [6, 6.07) is 19.8. The van der Waals surface area contributed by atoms with E-state index in [1.165, 1.54) is 5.56 Å². The second kappa shape index (κ2) is 9.23. The third-order valence-corrected chi connectivity index (χ3v) is 7.87. The van der Waals surface area contributed by atoms with Gasteiger partial charge in [-0.25, -0.2) is 0 Å². The van der Waals surface area contributed by atoms with Gasteiger partial charge in [0.25, 0.3) is 5.91 Å². The number of methoxy groups -OCH3 is 1. The Bertz CT molecular complexity index is 1390. The number of aryl methyl sites for hydroxylation is 1. The van der Waals surface area contributed by atoms with E-state index < -0.39 is 5.54 Å². The van der Waals surface area contributed by atoms with E-state index in [-0.39, 0.29) is 11.8 Å². The Morgan fingerprint density at radius 3 is 2.60 bits per heavy atom. The molecule has 0 unspecified atom stereocenters. The van der Waals surface area contributed by atoms with Gasteiger partial charge in [0.1, 0.15) is 21.8 Å². The van der Waals surface area contributed by atoms with Gasteiger partial charge >= 0.3 is 0 Å². The van der Waals surface area contributed by atoms with E-state index in [9.17, 15) is 9.59 Å². The minimum Gasteiger partial charge on any atom is -0.496 e. The first-order valence-corrected chi connectivity index (χ1v) is 12.7. The monoisotopic (exact) mass is 487 g/mol. The summed E-state index contributed by atoms with van der Waals surface area (Å²) in [4.78, 5) is 30.4. The van der Waals surface area contributed by atoms with Gasteiger partial charge in [-0.2, -0.15) is 0 Å². The van der Waals surface area contributed by atoms with E-state index in [1.54, 1.807) is 23.3 Å². The lowest BCUT2D eigenvalue weighted by molar-refractivity contribution is -0.133. The molecule has 180 valence electrons. The summed E-state index contributed by atoms with van der Waals surface area (Å²) < 4.78 is 7.44. The molecular weight excluding hydrogens is 458 g/mol. The first-order chi connectivity index (χ1) is 16.9. The van der Waals surface area contributed by atoms with Crippen molar-refractivity contribution in [3.05, 3.63) is 88.4 Å². The number of rotatable bonds is 7. The van der Waals surface area contributed by atoms with Crippen LogP contribution in [0.5, 0.6) is 5.75 Å². The Morgan fingerprint density at radius 2 is 1.86 bits per heavy atom. The van der Waals surface area contributed by atoms with E-state index in [4.69, 9.17) is 4.74 Å². The lowest BCUT2D eigenvalue weighted by Crippen LogP contribution is -2.63. The number of carbonyl (C=O) groups is 2. The summed E-state index contributed by atoms with van der Waals surface area (Å²) in [5.41, 5.74) is 2.70. The first kappa shape index (κ1) is 23.2. The molecule has 5 rings (SSSR count). The maximum atomic E-state index is 13.8. The number of amides is 2. The quantitative estimate of drug-likeness (QED) is 0.399. The lowest BCUT2D eigenvalue weighted by Gasteiger charge is -2.44. The van der Waals surface area contributed by atoms with E-state index in [0.717, 1.165) is 33.5 Å². The zero-order valence-electron chi connectivity index (χ0n) is 20.2. The minimum atomic E-state index is -1.06. The highest BCUT2D eigenvalue weighted by molar-refractivity contribution is 7.16. The maximum absolute atomic E-state index is 13.8. The largest absolute Gasteiger partial charge is 0.496 e. The molecule has 2 aromatic carbocycles. The van der Waals surface area contributed by atoms with E-state index in [2.05, 4.69) is 24.4 Å². The number of benzene rings is 2. The number of nitrogens with one attached hydrogen (secondary N) is 1. The molecule has 35 heavy (non-hydrogen) atoms. The molecule has 1 aliphatic rings. The number of ether oxygens (including phenoxy) is 1. The zero-order chi connectivity index (χ0) is 24.6. The number of hydrogen-bond donors (Lipinski definition) is 1. The number of thiophene rings is 1. The summed E-state index contributed by atoms with van der Waals surface area (Å²) >= 11 is 1.59. The molecular formula is C28H29N3O3S. The van der Waals surface area contributed by atoms with E-state index in [1.807, 2.05) is 65.4 Å². The van der Waals surface area contributed by atoms with Crippen molar-refractivity contribution in [1.82, 2.24) is 14.8 Å². The maximum Gasteiger partial charge on any atom is 0.271 e. The molecule has 7 heteroatoms. The smallest absolute Gasteiger partial charge is 0.271 e. The van der Waals surface area contributed by atoms with Crippen LogP contribution in [-0.4, -0.2) is 33.9 Å². The minimum absolute atomic E-state index is 0.130. The SMILES string of the molecule is CCc1ccc(CN2C(=O)c3cc4ccsc4n3C[C@]2(C)C(=O)NCc2ccccc2OC)cc1. The molecule has 0 saturated heterocycles. The van der Waals surface area contributed by atoms with Crippen LogP contribution in [0.15, 0.2) is 66.0 Å². The van der Waals surface area contributed by atoms with Crippen LogP contribution >= 0.6 is 11.3 Å². The third-order valence-electron chi connectivity index (χ3n) is 6.92. The van der Waals surface area contributed by atoms with Gasteiger partial charge in [-0.3, -0.25) is 9.59 Å². The van der Waals surface area contributed by atoms with E-state index >= 15 is 0 Å². The van der Waals surface area contributed by atoms with Crippen LogP contribution in [0.3, 0.4) is 0 Å². The summed E-state index contributed by atoms with van der Waals surface area (Å²) in [6.45, 7) is 5.05. The fraction of sp³-hybridized carbons (Fsp3) is 0.286. The molecule has 1 aliphatic heterocycles. The molecule has 2 amide bonds. The number of aromatic nitrogens is 1. The van der Waals surface area contributed by atoms with Crippen molar-refractivity contribution in [2.75, 3.05) is 7.11 Å². The average Bonchev–Trinajstić information content (AvgIpc) is 3.48. The van der Waals surface area contributed by atoms with Crippen molar-refractivity contribution < 1.29 is 14.3 Å². The Kier molecular flexibility index (Phi) is 6.11. The van der Waals surface area contributed by atoms with Gasteiger partial charge in [0.05, 0.1) is 13.7 Å². The summed E-state index contributed by atoms with van der Waals surface area (Å²) in [6.07, 6.45) is 0.955. The molecule has 0 fully saturated rings. The lowest BCUT2D eigenvalue weighted by atomic mass is 9.93. The fourth-order valence-corrected chi connectivity index (χ4v) is 5.68. The molecule has 2 aromatic heterocycles. The van der Waals surface area contributed by atoms with Crippen molar-refractivity contribution in [3.63, 3.8) is 0 Å². The van der Waals surface area contributed by atoms with Crippen LogP contribution < -0.4 is 10.1 Å². The zero-order valence-corrected chi connectivity index (χ0v) is 21.0. The second-order valence-corrected chi connectivity index (χ2v) is 10.0. The van der Waals surface area contributed by atoms with Crippen LogP contribution in [0.25, 0.3) is 10.2 Å². The Balaban J connectivity index is 1.49. The molecule has 1 N–H and O–H groups in total. The van der Waals surface area contributed by atoms with Crippen molar-refractivity contribution in [3.8, 4) is 5.75 Å². The first-order valence-electron chi connectivity index (χ1n) is 11.8. The molecule has 0 spiro atoms. The summed E-state index contributed by atoms with van der Waals surface area (Å²) in [5.74, 6) is 0.402. The summed E-state index contributed by atoms with van der Waals surface area (Å²) in [5, 5.41) is 6.13. The van der Waals surface area contributed by atoms with Gasteiger partial charge in [0.15, 0.2) is 0 Å². The number of nitrogens with zero attached hydrogens (tertiary/aromatic N) is 2. The number of carbonyl (C=O) groups excluding carboxylic acids is 2. The average molecular weight is 488 g/mol. The van der Waals surface area contributed by atoms with Gasteiger partial charge in [0, 0.05) is 24.0 Å². The van der Waals surface area contributed by atoms with Crippen LogP contribution in [0.2, 0.25) is 0 Å². The molecule has 0 bridgehead atoms. The highest BCUT2D eigenvalue weighted by Crippen LogP contribution is 2.35. The van der Waals surface area contributed by atoms with Gasteiger partial charge in [-0.05, 0) is 48.1 Å². The van der Waals surface area contributed by atoms with Crippen LogP contribution in [0.4, 0.5) is 0 Å².